The molecule has 1 aromatic carbocycles. The Bertz CT molecular complexity index is 306. The summed E-state index contributed by atoms with van der Waals surface area (Å²) in [5, 5.41) is 0. The van der Waals surface area contributed by atoms with Crippen LogP contribution in [0, 0.1) is 6.92 Å². The molecule has 1 rings (SSSR count). The van der Waals surface area contributed by atoms with Crippen molar-refractivity contribution in [3.63, 3.8) is 0 Å². The van der Waals surface area contributed by atoms with Crippen LogP contribution < -0.4 is 4.74 Å². The first kappa shape index (κ1) is 16.0. The lowest BCUT2D eigenvalue weighted by Gasteiger charge is -2.22. The van der Waals surface area contributed by atoms with Crippen LogP contribution in [0.25, 0.3) is 0 Å². The summed E-state index contributed by atoms with van der Waals surface area (Å²) in [6, 6.07) is 8.09. The maximum Gasteiger partial charge on any atom is 0.119 e. The van der Waals surface area contributed by atoms with Crippen LogP contribution in [-0.2, 0) is 4.74 Å². The van der Waals surface area contributed by atoms with Crippen molar-refractivity contribution in [2.45, 2.75) is 46.6 Å². The number of ether oxygens (including phenoxy) is 2. The molecule has 98 valence electrons. The number of methoxy groups -OCH3 is 1. The summed E-state index contributed by atoms with van der Waals surface area (Å²) in [5.41, 5.74) is 1.11. The Morgan fingerprint density at radius 3 is 2.35 bits per heavy atom. The summed E-state index contributed by atoms with van der Waals surface area (Å²) >= 11 is 0. The highest BCUT2D eigenvalue weighted by molar-refractivity contribution is 5.27. The number of benzene rings is 1. The summed E-state index contributed by atoms with van der Waals surface area (Å²) in [7, 11) is 1.73. The predicted molar refractivity (Wildman–Crippen MR) is 73.7 cm³/mol. The van der Waals surface area contributed by atoms with Gasteiger partial charge in [0, 0.05) is 13.5 Å². The van der Waals surface area contributed by atoms with Crippen LogP contribution in [0.4, 0.5) is 0 Å². The molecular weight excluding hydrogens is 212 g/mol. The Labute approximate surface area is 106 Å². The average Bonchev–Trinajstić information content (AvgIpc) is 2.32. The van der Waals surface area contributed by atoms with Gasteiger partial charge in [-0.2, -0.15) is 0 Å². The van der Waals surface area contributed by atoms with Crippen LogP contribution in [-0.4, -0.2) is 19.3 Å². The van der Waals surface area contributed by atoms with Crippen molar-refractivity contribution in [2.24, 2.45) is 0 Å². The third kappa shape index (κ3) is 7.01. The first-order valence-electron chi connectivity index (χ1n) is 6.28. The summed E-state index contributed by atoms with van der Waals surface area (Å²) in [6.07, 6.45) is 0.886. The van der Waals surface area contributed by atoms with Crippen LogP contribution in [0.1, 0.15) is 39.7 Å². The van der Waals surface area contributed by atoms with Gasteiger partial charge < -0.3 is 9.47 Å². The third-order valence-electron chi connectivity index (χ3n) is 2.51. The van der Waals surface area contributed by atoms with Gasteiger partial charge in [-0.15, -0.1) is 0 Å². The van der Waals surface area contributed by atoms with Crippen LogP contribution in [0.3, 0.4) is 0 Å². The fourth-order valence-electron chi connectivity index (χ4n) is 1.22. The average molecular weight is 238 g/mol. The molecule has 0 unspecified atom stereocenters. The van der Waals surface area contributed by atoms with E-state index in [1.165, 1.54) is 5.56 Å². The van der Waals surface area contributed by atoms with Gasteiger partial charge in [0.25, 0.3) is 0 Å². The second kappa shape index (κ2) is 8.13. The highest BCUT2D eigenvalue weighted by Gasteiger charge is 2.15. The molecule has 0 aromatic heterocycles. The van der Waals surface area contributed by atoms with E-state index in [9.17, 15) is 0 Å². The van der Waals surface area contributed by atoms with E-state index in [2.05, 4.69) is 26.8 Å². The second-order valence-corrected chi connectivity index (χ2v) is 4.38. The molecular formula is C15H26O2. The Morgan fingerprint density at radius 1 is 1.18 bits per heavy atom. The quantitative estimate of drug-likeness (QED) is 0.765. The van der Waals surface area contributed by atoms with E-state index in [4.69, 9.17) is 9.47 Å². The van der Waals surface area contributed by atoms with Crippen molar-refractivity contribution in [1.82, 2.24) is 0 Å². The molecule has 17 heavy (non-hydrogen) atoms. The van der Waals surface area contributed by atoms with Crippen molar-refractivity contribution in [2.75, 3.05) is 13.7 Å². The minimum Gasteiger partial charge on any atom is -0.493 e. The highest BCUT2D eigenvalue weighted by atomic mass is 16.5. The van der Waals surface area contributed by atoms with E-state index in [1.54, 1.807) is 7.11 Å². The minimum absolute atomic E-state index is 0.107. The van der Waals surface area contributed by atoms with Gasteiger partial charge in [-0.05, 0) is 38.5 Å². The molecule has 0 fully saturated rings. The smallest absolute Gasteiger partial charge is 0.119 e. The molecule has 0 N–H and O–H groups in total. The van der Waals surface area contributed by atoms with Gasteiger partial charge >= 0.3 is 0 Å². The van der Waals surface area contributed by atoms with Gasteiger partial charge in [-0.25, -0.2) is 0 Å². The molecule has 0 saturated carbocycles. The number of hydrogen-bond acceptors (Lipinski definition) is 2. The lowest BCUT2D eigenvalue weighted by Crippen LogP contribution is -2.25. The lowest BCUT2D eigenvalue weighted by atomic mass is 10.1. The maximum atomic E-state index is 5.64. The van der Waals surface area contributed by atoms with E-state index in [-0.39, 0.29) is 5.60 Å². The minimum atomic E-state index is -0.107. The van der Waals surface area contributed by atoms with Crippen LogP contribution in [0.5, 0.6) is 5.75 Å². The molecule has 2 heteroatoms. The Morgan fingerprint density at radius 2 is 1.82 bits per heavy atom. The summed E-state index contributed by atoms with van der Waals surface area (Å²) in [4.78, 5) is 0. The third-order valence-corrected chi connectivity index (χ3v) is 2.51. The number of hydrogen-bond donors (Lipinski definition) is 0. The highest BCUT2D eigenvalue weighted by Crippen LogP contribution is 2.16. The van der Waals surface area contributed by atoms with E-state index >= 15 is 0 Å². The predicted octanol–water partition coefficient (Wildman–Crippen LogP) is 4.22. The zero-order valence-electron chi connectivity index (χ0n) is 12.0. The van der Waals surface area contributed by atoms with Crippen molar-refractivity contribution < 1.29 is 9.47 Å². The maximum absolute atomic E-state index is 5.64. The zero-order valence-corrected chi connectivity index (χ0v) is 12.0. The summed E-state index contributed by atoms with van der Waals surface area (Å²) < 4.78 is 11.0. The molecule has 2 nitrogen and oxygen atoms in total. The molecule has 0 radical (unpaired) electrons. The van der Waals surface area contributed by atoms with Crippen molar-refractivity contribution >= 4 is 0 Å². The van der Waals surface area contributed by atoms with Gasteiger partial charge in [0.15, 0.2) is 0 Å². The Balaban J connectivity index is 0.00000121. The first-order chi connectivity index (χ1) is 8.03. The van der Waals surface area contributed by atoms with Crippen LogP contribution in [0.15, 0.2) is 24.3 Å². The Kier molecular flexibility index (Phi) is 7.64. The second-order valence-electron chi connectivity index (χ2n) is 4.38. The zero-order chi connectivity index (χ0) is 13.3. The van der Waals surface area contributed by atoms with Crippen molar-refractivity contribution in [3.05, 3.63) is 29.8 Å². The standard InChI is InChI=1S/C13H20O2.C2H6/c1-11-6-5-7-12(10-11)15-9-8-13(2,3)14-4;1-2/h5-7,10H,8-9H2,1-4H3;1-2H3. The van der Waals surface area contributed by atoms with Gasteiger partial charge in [0.2, 0.25) is 0 Å². The first-order valence-corrected chi connectivity index (χ1v) is 6.28. The molecule has 0 saturated heterocycles. The normalized spacial score (nSPS) is 10.5. The van der Waals surface area contributed by atoms with Gasteiger partial charge in [0.05, 0.1) is 12.2 Å². The van der Waals surface area contributed by atoms with Crippen LogP contribution in [0.2, 0.25) is 0 Å². The lowest BCUT2D eigenvalue weighted by molar-refractivity contribution is 0.00545. The van der Waals surface area contributed by atoms with Gasteiger partial charge in [-0.1, -0.05) is 26.0 Å². The van der Waals surface area contributed by atoms with E-state index in [0.717, 1.165) is 12.2 Å². The molecule has 0 aliphatic heterocycles. The molecule has 1 aromatic rings. The molecule has 0 bridgehead atoms. The molecule has 0 atom stereocenters. The molecule has 0 spiro atoms. The van der Waals surface area contributed by atoms with Crippen molar-refractivity contribution in [1.29, 1.82) is 0 Å². The SMILES string of the molecule is CC.COC(C)(C)CCOc1cccc(C)c1. The van der Waals surface area contributed by atoms with Crippen molar-refractivity contribution in [3.8, 4) is 5.75 Å². The summed E-state index contributed by atoms with van der Waals surface area (Å²) in [5.74, 6) is 0.932. The molecule has 0 heterocycles. The van der Waals surface area contributed by atoms with Gasteiger partial charge in [0.1, 0.15) is 5.75 Å². The molecule has 0 aliphatic carbocycles. The largest absolute Gasteiger partial charge is 0.493 e. The molecule has 0 amide bonds. The molecule has 0 aliphatic rings. The Hall–Kier alpha value is -1.02. The topological polar surface area (TPSA) is 18.5 Å². The number of aryl methyl sites for hydroxylation is 1. The van der Waals surface area contributed by atoms with Crippen LogP contribution >= 0.6 is 0 Å². The fraction of sp³-hybridized carbons (Fsp3) is 0.600. The monoisotopic (exact) mass is 238 g/mol. The van der Waals surface area contributed by atoms with E-state index in [1.807, 2.05) is 32.0 Å². The van der Waals surface area contributed by atoms with E-state index in [0.29, 0.717) is 6.61 Å². The summed E-state index contributed by atoms with van der Waals surface area (Å²) in [6.45, 7) is 10.9. The fourth-order valence-corrected chi connectivity index (χ4v) is 1.22. The van der Waals surface area contributed by atoms with Gasteiger partial charge in [-0.3, -0.25) is 0 Å². The number of rotatable bonds is 5. The van der Waals surface area contributed by atoms with E-state index < -0.39 is 0 Å².